The Morgan fingerprint density at radius 2 is 1.96 bits per heavy atom. The van der Waals surface area contributed by atoms with Crippen LogP contribution in [-0.2, 0) is 25.8 Å². The van der Waals surface area contributed by atoms with Crippen LogP contribution in [0, 0.1) is 5.92 Å². The van der Waals surface area contributed by atoms with E-state index in [9.17, 15) is 13.2 Å². The minimum atomic E-state index is -3.39. The first kappa shape index (κ1) is 17.7. The molecule has 1 aliphatic rings. The van der Waals surface area contributed by atoms with E-state index in [1.54, 1.807) is 0 Å². The van der Waals surface area contributed by atoms with Gasteiger partial charge in [-0.3, -0.25) is 4.79 Å². The molecular weight excluding hydrogens is 312 g/mol. The van der Waals surface area contributed by atoms with Crippen LogP contribution in [0.4, 0.5) is 0 Å². The first-order valence-electron chi connectivity index (χ1n) is 8.10. The molecule has 2 rings (SSSR count). The zero-order chi connectivity index (χ0) is 16.5. The van der Waals surface area contributed by atoms with E-state index in [1.165, 1.54) is 0 Å². The second-order valence-corrected chi connectivity index (χ2v) is 8.20. The van der Waals surface area contributed by atoms with Crippen LogP contribution >= 0.6 is 0 Å². The van der Waals surface area contributed by atoms with Crippen LogP contribution in [0.25, 0.3) is 0 Å². The van der Waals surface area contributed by atoms with Crippen LogP contribution in [0.2, 0.25) is 0 Å². The van der Waals surface area contributed by atoms with E-state index in [2.05, 4.69) is 12.2 Å². The van der Waals surface area contributed by atoms with Crippen LogP contribution in [0.15, 0.2) is 42.5 Å². The highest BCUT2D eigenvalue weighted by atomic mass is 32.2. The molecule has 0 radical (unpaired) electrons. The van der Waals surface area contributed by atoms with Gasteiger partial charge in [0.15, 0.2) is 9.84 Å². The lowest BCUT2D eigenvalue weighted by molar-refractivity contribution is -0.141. The lowest BCUT2D eigenvalue weighted by Gasteiger charge is -2.17. The number of carbonyl (C=O) groups excluding carboxylic acids is 1. The Labute approximate surface area is 138 Å². The SMILES string of the molecule is O=C(CS(=O)(=O)CCCc1ccccc1)OCC1CC=CCC1. The highest BCUT2D eigenvalue weighted by Gasteiger charge is 2.19. The summed E-state index contributed by atoms with van der Waals surface area (Å²) in [6.07, 6.45) is 8.32. The first-order valence-corrected chi connectivity index (χ1v) is 9.92. The molecule has 0 bridgehead atoms. The number of hydrogen-bond donors (Lipinski definition) is 0. The number of ether oxygens (including phenoxy) is 1. The molecule has 0 saturated heterocycles. The lowest BCUT2D eigenvalue weighted by atomic mass is 9.95. The van der Waals surface area contributed by atoms with Crippen LogP contribution in [0.5, 0.6) is 0 Å². The number of allylic oxidation sites excluding steroid dienone is 2. The molecule has 0 aromatic heterocycles. The van der Waals surface area contributed by atoms with Crippen molar-refractivity contribution in [2.75, 3.05) is 18.1 Å². The minimum Gasteiger partial charge on any atom is -0.465 e. The van der Waals surface area contributed by atoms with Gasteiger partial charge in [0.05, 0.1) is 12.4 Å². The van der Waals surface area contributed by atoms with Gasteiger partial charge in [-0.05, 0) is 43.6 Å². The summed E-state index contributed by atoms with van der Waals surface area (Å²) in [5.41, 5.74) is 1.11. The van der Waals surface area contributed by atoms with Crippen molar-refractivity contribution in [2.45, 2.75) is 32.1 Å². The summed E-state index contributed by atoms with van der Waals surface area (Å²) < 4.78 is 29.1. The Bertz CT molecular complexity index is 620. The van der Waals surface area contributed by atoms with Gasteiger partial charge in [0.1, 0.15) is 5.75 Å². The van der Waals surface area contributed by atoms with Gasteiger partial charge in [-0.2, -0.15) is 0 Å². The monoisotopic (exact) mass is 336 g/mol. The highest BCUT2D eigenvalue weighted by Crippen LogP contribution is 2.18. The van der Waals surface area contributed by atoms with Crippen LogP contribution in [0.1, 0.15) is 31.2 Å². The fourth-order valence-electron chi connectivity index (χ4n) is 2.65. The molecule has 0 aliphatic heterocycles. The molecule has 1 aromatic carbocycles. The van der Waals surface area contributed by atoms with E-state index in [0.29, 0.717) is 25.4 Å². The summed E-state index contributed by atoms with van der Waals surface area (Å²) in [4.78, 5) is 11.7. The van der Waals surface area contributed by atoms with Gasteiger partial charge in [0.25, 0.3) is 0 Å². The molecule has 0 amide bonds. The Morgan fingerprint density at radius 3 is 2.65 bits per heavy atom. The van der Waals surface area contributed by atoms with Gasteiger partial charge in [-0.15, -0.1) is 0 Å². The molecule has 1 aromatic rings. The maximum atomic E-state index is 12.0. The van der Waals surface area contributed by atoms with E-state index >= 15 is 0 Å². The minimum absolute atomic E-state index is 0.0170. The summed E-state index contributed by atoms with van der Waals surface area (Å²) in [6, 6.07) is 9.74. The number of sulfone groups is 1. The Morgan fingerprint density at radius 1 is 1.17 bits per heavy atom. The smallest absolute Gasteiger partial charge is 0.321 e. The topological polar surface area (TPSA) is 60.4 Å². The number of hydrogen-bond acceptors (Lipinski definition) is 4. The van der Waals surface area contributed by atoms with Gasteiger partial charge >= 0.3 is 5.97 Å². The van der Waals surface area contributed by atoms with Crippen molar-refractivity contribution >= 4 is 15.8 Å². The first-order chi connectivity index (χ1) is 11.1. The van der Waals surface area contributed by atoms with Crippen molar-refractivity contribution in [3.63, 3.8) is 0 Å². The van der Waals surface area contributed by atoms with Gasteiger partial charge in [-0.25, -0.2) is 8.42 Å². The van der Waals surface area contributed by atoms with E-state index in [0.717, 1.165) is 24.8 Å². The van der Waals surface area contributed by atoms with Crippen LogP contribution < -0.4 is 0 Å². The zero-order valence-electron chi connectivity index (χ0n) is 13.3. The highest BCUT2D eigenvalue weighted by molar-refractivity contribution is 7.92. The van der Waals surface area contributed by atoms with Crippen molar-refractivity contribution in [1.82, 2.24) is 0 Å². The number of benzene rings is 1. The zero-order valence-corrected chi connectivity index (χ0v) is 14.1. The predicted molar refractivity (Wildman–Crippen MR) is 90.9 cm³/mol. The third-order valence-electron chi connectivity index (χ3n) is 3.96. The molecule has 0 heterocycles. The maximum Gasteiger partial charge on any atom is 0.321 e. The van der Waals surface area contributed by atoms with E-state index < -0.39 is 21.6 Å². The predicted octanol–water partition coefficient (Wildman–Crippen LogP) is 2.93. The van der Waals surface area contributed by atoms with Gasteiger partial charge in [0.2, 0.25) is 0 Å². The Hall–Kier alpha value is -1.62. The quantitative estimate of drug-likeness (QED) is 0.541. The molecule has 126 valence electrons. The average Bonchev–Trinajstić information content (AvgIpc) is 2.54. The van der Waals surface area contributed by atoms with E-state index in [4.69, 9.17) is 4.74 Å². The van der Waals surface area contributed by atoms with Crippen molar-refractivity contribution in [3.8, 4) is 0 Å². The fraction of sp³-hybridized carbons (Fsp3) is 0.500. The number of esters is 1. The molecule has 0 saturated carbocycles. The Kier molecular flexibility index (Phi) is 6.84. The molecule has 1 unspecified atom stereocenters. The summed E-state index contributed by atoms with van der Waals surface area (Å²) in [7, 11) is -3.39. The van der Waals surface area contributed by atoms with Crippen LogP contribution in [0.3, 0.4) is 0 Å². The van der Waals surface area contributed by atoms with E-state index in [1.807, 2.05) is 30.3 Å². The molecule has 4 nitrogen and oxygen atoms in total. The van der Waals surface area contributed by atoms with Gasteiger partial charge in [-0.1, -0.05) is 42.5 Å². The molecule has 0 N–H and O–H groups in total. The van der Waals surface area contributed by atoms with E-state index in [-0.39, 0.29) is 5.75 Å². The normalized spacial score (nSPS) is 17.8. The number of aryl methyl sites for hydroxylation is 1. The maximum absolute atomic E-state index is 12.0. The average molecular weight is 336 g/mol. The van der Waals surface area contributed by atoms with Gasteiger partial charge in [0, 0.05) is 0 Å². The van der Waals surface area contributed by atoms with Crippen molar-refractivity contribution in [1.29, 1.82) is 0 Å². The number of carbonyl (C=O) groups is 1. The third kappa shape index (κ3) is 6.99. The summed E-state index contributed by atoms with van der Waals surface area (Å²) in [6.45, 7) is 0.322. The largest absolute Gasteiger partial charge is 0.465 e. The lowest BCUT2D eigenvalue weighted by Crippen LogP contribution is -2.23. The molecule has 1 aliphatic carbocycles. The van der Waals surface area contributed by atoms with Crippen LogP contribution in [-0.4, -0.2) is 32.5 Å². The standard InChI is InChI=1S/C18H24O4S/c19-18(22-14-17-10-5-2-6-11-17)15-23(20,21)13-7-12-16-8-3-1-4-9-16/h1-5,8-9,17H,6-7,10-15H2. The molecule has 5 heteroatoms. The number of rotatable bonds is 8. The summed E-state index contributed by atoms with van der Waals surface area (Å²) in [5.74, 6) is -0.794. The fourth-order valence-corrected chi connectivity index (χ4v) is 3.82. The van der Waals surface area contributed by atoms with Crippen molar-refractivity contribution in [3.05, 3.63) is 48.0 Å². The second-order valence-electron chi connectivity index (χ2n) is 6.01. The van der Waals surface area contributed by atoms with Crippen molar-refractivity contribution < 1.29 is 17.9 Å². The molecular formula is C18H24O4S. The molecule has 1 atom stereocenters. The molecule has 0 fully saturated rings. The van der Waals surface area contributed by atoms with Crippen molar-refractivity contribution in [2.24, 2.45) is 5.92 Å². The summed E-state index contributed by atoms with van der Waals surface area (Å²) in [5, 5.41) is 0. The van der Waals surface area contributed by atoms with Gasteiger partial charge < -0.3 is 4.74 Å². The molecule has 0 spiro atoms. The Balaban J connectivity index is 1.67. The summed E-state index contributed by atoms with van der Waals surface area (Å²) >= 11 is 0. The molecule has 23 heavy (non-hydrogen) atoms. The third-order valence-corrected chi connectivity index (χ3v) is 5.55. The second kappa shape index (κ2) is 8.87.